The number of aliphatic hydroxyl groups is 1. The van der Waals surface area contributed by atoms with E-state index in [0.717, 1.165) is 18.8 Å². The molecule has 0 amide bonds. The van der Waals surface area contributed by atoms with Crippen LogP contribution >= 0.6 is 0 Å². The minimum absolute atomic E-state index is 0.222. The van der Waals surface area contributed by atoms with Gasteiger partial charge in [-0.1, -0.05) is 6.42 Å². The van der Waals surface area contributed by atoms with Gasteiger partial charge < -0.3 is 5.11 Å². The van der Waals surface area contributed by atoms with Crippen molar-refractivity contribution in [3.8, 4) is 0 Å². The van der Waals surface area contributed by atoms with E-state index in [4.69, 9.17) is 0 Å². The van der Waals surface area contributed by atoms with Crippen molar-refractivity contribution < 1.29 is 5.11 Å². The van der Waals surface area contributed by atoms with Gasteiger partial charge in [0.2, 0.25) is 0 Å². The molecule has 1 aliphatic rings. The Morgan fingerprint density at radius 2 is 2.33 bits per heavy atom. The smallest absolute Gasteiger partial charge is 0.188 e. The quantitative estimate of drug-likeness (QED) is 0.734. The Balaban J connectivity index is 1.97. The second-order valence-electron chi connectivity index (χ2n) is 4.00. The van der Waals surface area contributed by atoms with E-state index in [0.29, 0.717) is 6.54 Å². The number of aryl methyl sites for hydroxylation is 1. The van der Waals surface area contributed by atoms with Gasteiger partial charge in [-0.3, -0.25) is 4.90 Å². The fraction of sp³-hybridized carbons (Fsp3) is 0.889. The maximum absolute atomic E-state index is 9.24. The van der Waals surface area contributed by atoms with Gasteiger partial charge in [0.05, 0.1) is 20.2 Å². The van der Waals surface area contributed by atoms with Crippen LogP contribution < -0.4 is 0 Å². The van der Waals surface area contributed by atoms with Crippen molar-refractivity contribution in [1.82, 2.24) is 25.1 Å². The van der Waals surface area contributed by atoms with Gasteiger partial charge in [-0.25, -0.2) is 0 Å². The van der Waals surface area contributed by atoms with Gasteiger partial charge in [-0.05, 0) is 24.6 Å². The van der Waals surface area contributed by atoms with Gasteiger partial charge in [0.1, 0.15) is 0 Å². The molecule has 0 saturated carbocycles. The van der Waals surface area contributed by atoms with E-state index in [-0.39, 0.29) is 12.6 Å². The molecular formula is C9H17N5O. The molecule has 0 aromatic carbocycles. The number of likely N-dealkylation sites (tertiary alicyclic amines) is 1. The van der Waals surface area contributed by atoms with E-state index >= 15 is 0 Å². The first kappa shape index (κ1) is 10.5. The summed E-state index contributed by atoms with van der Waals surface area (Å²) in [6.45, 7) is 1.93. The normalized spacial score (nSPS) is 23.2. The van der Waals surface area contributed by atoms with E-state index in [1.165, 1.54) is 17.6 Å². The number of aliphatic hydroxyl groups excluding tert-OH is 1. The molecular weight excluding hydrogens is 194 g/mol. The standard InChI is InChI=1S/C9H17N5O/c1-13-11-9(10-12-13)6-14-5-3-2-4-8(14)7-15/h8,15H,2-7H2,1H3. The van der Waals surface area contributed by atoms with Crippen LogP contribution in [0.2, 0.25) is 0 Å². The van der Waals surface area contributed by atoms with Crippen molar-refractivity contribution in [2.75, 3.05) is 13.2 Å². The molecule has 6 heteroatoms. The molecule has 1 aliphatic heterocycles. The summed E-state index contributed by atoms with van der Waals surface area (Å²) in [5.41, 5.74) is 0. The molecule has 1 saturated heterocycles. The zero-order chi connectivity index (χ0) is 10.7. The lowest BCUT2D eigenvalue weighted by Crippen LogP contribution is -2.41. The molecule has 1 fully saturated rings. The first-order chi connectivity index (χ1) is 7.29. The van der Waals surface area contributed by atoms with Gasteiger partial charge in [0.15, 0.2) is 5.82 Å². The summed E-state index contributed by atoms with van der Waals surface area (Å²) in [4.78, 5) is 3.70. The molecule has 2 rings (SSSR count). The summed E-state index contributed by atoms with van der Waals surface area (Å²) < 4.78 is 0. The minimum atomic E-state index is 0.222. The molecule has 0 aliphatic carbocycles. The Morgan fingerprint density at radius 1 is 1.47 bits per heavy atom. The van der Waals surface area contributed by atoms with E-state index in [2.05, 4.69) is 20.3 Å². The molecule has 1 aromatic rings. The Hall–Kier alpha value is -1.01. The van der Waals surface area contributed by atoms with Gasteiger partial charge in [-0.2, -0.15) is 4.80 Å². The zero-order valence-electron chi connectivity index (χ0n) is 9.00. The summed E-state index contributed by atoms with van der Waals surface area (Å²) in [5.74, 6) is 0.734. The van der Waals surface area contributed by atoms with Gasteiger partial charge in [0.25, 0.3) is 0 Å². The Kier molecular flexibility index (Phi) is 3.27. The molecule has 1 N–H and O–H groups in total. The molecule has 1 atom stereocenters. The number of aromatic nitrogens is 4. The summed E-state index contributed by atoms with van der Waals surface area (Å²) in [6, 6.07) is 0.266. The van der Waals surface area contributed by atoms with E-state index < -0.39 is 0 Å². The molecule has 0 bridgehead atoms. The molecule has 0 spiro atoms. The predicted molar refractivity (Wildman–Crippen MR) is 53.9 cm³/mol. The zero-order valence-corrected chi connectivity index (χ0v) is 9.00. The number of rotatable bonds is 3. The summed E-state index contributed by atoms with van der Waals surface area (Å²) >= 11 is 0. The number of nitrogens with zero attached hydrogens (tertiary/aromatic N) is 5. The van der Waals surface area contributed by atoms with Gasteiger partial charge in [0, 0.05) is 6.04 Å². The van der Waals surface area contributed by atoms with Crippen LogP contribution in [0, 0.1) is 0 Å². The molecule has 0 radical (unpaired) electrons. The van der Waals surface area contributed by atoms with Crippen LogP contribution in [0.1, 0.15) is 25.1 Å². The summed E-state index contributed by atoms with van der Waals surface area (Å²) in [5, 5.41) is 21.1. The minimum Gasteiger partial charge on any atom is -0.395 e. The third kappa shape index (κ3) is 2.51. The Morgan fingerprint density at radius 3 is 3.00 bits per heavy atom. The fourth-order valence-corrected chi connectivity index (χ4v) is 2.04. The number of hydrogen-bond acceptors (Lipinski definition) is 5. The fourth-order valence-electron chi connectivity index (χ4n) is 2.04. The average Bonchev–Trinajstić information content (AvgIpc) is 2.65. The van der Waals surface area contributed by atoms with Crippen molar-refractivity contribution in [2.45, 2.75) is 31.8 Å². The monoisotopic (exact) mass is 211 g/mol. The molecule has 2 heterocycles. The largest absolute Gasteiger partial charge is 0.395 e. The molecule has 6 nitrogen and oxygen atoms in total. The second-order valence-corrected chi connectivity index (χ2v) is 4.00. The van der Waals surface area contributed by atoms with Crippen LogP contribution in [-0.4, -0.2) is 49.4 Å². The highest BCUT2D eigenvalue weighted by Gasteiger charge is 2.22. The maximum Gasteiger partial charge on any atom is 0.188 e. The van der Waals surface area contributed by atoms with E-state index in [9.17, 15) is 5.11 Å². The lowest BCUT2D eigenvalue weighted by atomic mass is 10.0. The number of hydrogen-bond donors (Lipinski definition) is 1. The first-order valence-corrected chi connectivity index (χ1v) is 5.37. The molecule has 1 unspecified atom stereocenters. The van der Waals surface area contributed by atoms with Gasteiger partial charge >= 0.3 is 0 Å². The van der Waals surface area contributed by atoms with Gasteiger partial charge in [-0.15, -0.1) is 10.2 Å². The van der Waals surface area contributed by atoms with Crippen molar-refractivity contribution >= 4 is 0 Å². The van der Waals surface area contributed by atoms with Crippen LogP contribution in [0.25, 0.3) is 0 Å². The second kappa shape index (κ2) is 4.67. The van der Waals surface area contributed by atoms with Crippen molar-refractivity contribution in [3.05, 3.63) is 5.82 Å². The van der Waals surface area contributed by atoms with Crippen LogP contribution in [0.5, 0.6) is 0 Å². The first-order valence-electron chi connectivity index (χ1n) is 5.37. The maximum atomic E-state index is 9.24. The SMILES string of the molecule is Cn1nnc(CN2CCCCC2CO)n1. The highest BCUT2D eigenvalue weighted by molar-refractivity contribution is 4.83. The molecule has 15 heavy (non-hydrogen) atoms. The van der Waals surface area contributed by atoms with E-state index in [1.807, 2.05) is 0 Å². The third-order valence-electron chi connectivity index (χ3n) is 2.85. The van der Waals surface area contributed by atoms with Crippen LogP contribution in [0.4, 0.5) is 0 Å². The van der Waals surface area contributed by atoms with Crippen LogP contribution in [0.15, 0.2) is 0 Å². The lowest BCUT2D eigenvalue weighted by Gasteiger charge is -2.33. The highest BCUT2D eigenvalue weighted by Crippen LogP contribution is 2.17. The number of tetrazole rings is 1. The van der Waals surface area contributed by atoms with Crippen LogP contribution in [0.3, 0.4) is 0 Å². The van der Waals surface area contributed by atoms with Crippen molar-refractivity contribution in [1.29, 1.82) is 0 Å². The molecule has 84 valence electrons. The Labute approximate surface area is 88.9 Å². The molecule has 1 aromatic heterocycles. The Bertz CT molecular complexity index is 313. The average molecular weight is 211 g/mol. The highest BCUT2D eigenvalue weighted by atomic mass is 16.3. The lowest BCUT2D eigenvalue weighted by molar-refractivity contribution is 0.0818. The van der Waals surface area contributed by atoms with Crippen molar-refractivity contribution in [2.24, 2.45) is 7.05 Å². The summed E-state index contributed by atoms with van der Waals surface area (Å²) in [6.07, 6.45) is 3.46. The van der Waals surface area contributed by atoms with E-state index in [1.54, 1.807) is 7.05 Å². The number of piperidine rings is 1. The van der Waals surface area contributed by atoms with Crippen LogP contribution in [-0.2, 0) is 13.6 Å². The third-order valence-corrected chi connectivity index (χ3v) is 2.85. The topological polar surface area (TPSA) is 67.1 Å². The van der Waals surface area contributed by atoms with Crippen molar-refractivity contribution in [3.63, 3.8) is 0 Å². The predicted octanol–water partition coefficient (Wildman–Crippen LogP) is -0.443. The summed E-state index contributed by atoms with van der Waals surface area (Å²) in [7, 11) is 1.76.